The summed E-state index contributed by atoms with van der Waals surface area (Å²) >= 11 is 3.41. The van der Waals surface area contributed by atoms with Gasteiger partial charge in [0.25, 0.3) is 0 Å². The van der Waals surface area contributed by atoms with E-state index in [1.165, 1.54) is 0 Å². The summed E-state index contributed by atoms with van der Waals surface area (Å²) in [5, 5.41) is 6.12. The van der Waals surface area contributed by atoms with Gasteiger partial charge in [0.05, 0.1) is 12.2 Å². The largest absolute Gasteiger partial charge is 0.357 e. The molecule has 2 N–H and O–H groups in total. The minimum absolute atomic E-state index is 0.742. The van der Waals surface area contributed by atoms with Gasteiger partial charge in [-0.2, -0.15) is 0 Å². The molecule has 4 heteroatoms. The molecule has 0 unspecified atom stereocenters. The Balaban J connectivity index is 2.39. The summed E-state index contributed by atoms with van der Waals surface area (Å²) in [5.41, 5.74) is 1.06. The van der Waals surface area contributed by atoms with Crippen molar-refractivity contribution in [3.8, 4) is 0 Å². The average Bonchev–Trinajstić information content (AvgIpc) is 2.34. The highest BCUT2D eigenvalue weighted by Gasteiger charge is 2.17. The van der Waals surface area contributed by atoms with Crippen LogP contribution >= 0.6 is 15.9 Å². The van der Waals surface area contributed by atoms with Crippen molar-refractivity contribution in [3.63, 3.8) is 0 Å². The second-order valence-electron chi connectivity index (χ2n) is 2.07. The zero-order valence-electron chi connectivity index (χ0n) is 5.19. The zero-order chi connectivity index (χ0) is 6.97. The van der Waals surface area contributed by atoms with Gasteiger partial charge in [0.2, 0.25) is 0 Å². The van der Waals surface area contributed by atoms with E-state index >= 15 is 0 Å². The van der Waals surface area contributed by atoms with Crippen LogP contribution in [0.3, 0.4) is 0 Å². The Morgan fingerprint density at radius 1 is 1.40 bits per heavy atom. The number of nitrogens with zero attached hydrogens (tertiary/aromatic N) is 1. The summed E-state index contributed by atoms with van der Waals surface area (Å²) in [6.45, 7) is 0.742. The first-order valence-corrected chi connectivity index (χ1v) is 3.79. The fourth-order valence-electron chi connectivity index (χ4n) is 0.945. The zero-order valence-corrected chi connectivity index (χ0v) is 6.77. The molecule has 0 fully saturated rings. The van der Waals surface area contributed by atoms with Crippen molar-refractivity contribution < 1.29 is 0 Å². The van der Waals surface area contributed by atoms with Gasteiger partial charge in [0.15, 0.2) is 0 Å². The smallest absolute Gasteiger partial charge is 0.150 e. The Hall–Kier alpha value is -0.770. The molecule has 2 heterocycles. The lowest BCUT2D eigenvalue weighted by Crippen LogP contribution is -2.29. The monoisotopic (exact) mass is 199 g/mol. The van der Waals surface area contributed by atoms with Crippen molar-refractivity contribution in [2.75, 3.05) is 6.54 Å². The molecule has 0 amide bonds. The molecule has 0 saturated heterocycles. The minimum Gasteiger partial charge on any atom is -0.357 e. The Kier molecular flexibility index (Phi) is 1.27. The Labute approximate surface area is 67.0 Å². The van der Waals surface area contributed by atoms with E-state index in [-0.39, 0.29) is 0 Å². The molecule has 0 bridgehead atoms. The van der Waals surface area contributed by atoms with Crippen LogP contribution in [0, 0.1) is 0 Å². The molecule has 0 aromatic heterocycles. The molecule has 0 atom stereocenters. The second kappa shape index (κ2) is 2.12. The highest BCUT2D eigenvalue weighted by Crippen LogP contribution is 2.18. The first kappa shape index (κ1) is 5.97. The van der Waals surface area contributed by atoms with Crippen LogP contribution in [0.15, 0.2) is 27.6 Å². The lowest BCUT2D eigenvalue weighted by Gasteiger charge is -2.11. The van der Waals surface area contributed by atoms with Crippen LogP contribution < -0.4 is 10.6 Å². The van der Waals surface area contributed by atoms with E-state index < -0.39 is 0 Å². The molecule has 0 aromatic carbocycles. The van der Waals surface area contributed by atoms with E-state index in [2.05, 4.69) is 31.6 Å². The number of fused-ring (bicyclic) bond motifs is 1. The summed E-state index contributed by atoms with van der Waals surface area (Å²) in [5.74, 6) is 0.925. The van der Waals surface area contributed by atoms with Crippen molar-refractivity contribution in [2.24, 2.45) is 4.99 Å². The molecular formula is C6H6BrN3. The van der Waals surface area contributed by atoms with Crippen LogP contribution in [0.1, 0.15) is 0 Å². The second-order valence-corrected chi connectivity index (χ2v) is 3.02. The van der Waals surface area contributed by atoms with Gasteiger partial charge >= 0.3 is 0 Å². The molecule has 0 spiro atoms. The van der Waals surface area contributed by atoms with E-state index in [1.807, 2.05) is 12.4 Å². The first-order chi connectivity index (χ1) is 4.88. The van der Waals surface area contributed by atoms with Gasteiger partial charge in [-0.3, -0.25) is 4.99 Å². The standard InChI is InChI=1S/C6H6BrN3/c7-4-3-10-6-5(4)8-1-2-9-6/h1-2,8H,3H2,(H,9,10). The first-order valence-electron chi connectivity index (χ1n) is 2.99. The van der Waals surface area contributed by atoms with Gasteiger partial charge in [0.1, 0.15) is 5.84 Å². The number of amidine groups is 1. The van der Waals surface area contributed by atoms with Crippen molar-refractivity contribution >= 4 is 21.8 Å². The predicted molar refractivity (Wildman–Crippen MR) is 43.7 cm³/mol. The van der Waals surface area contributed by atoms with Gasteiger partial charge in [-0.15, -0.1) is 0 Å². The Morgan fingerprint density at radius 3 is 3.00 bits per heavy atom. The van der Waals surface area contributed by atoms with Crippen molar-refractivity contribution in [2.45, 2.75) is 0 Å². The maximum atomic E-state index is 4.21. The molecule has 2 rings (SSSR count). The van der Waals surface area contributed by atoms with Crippen molar-refractivity contribution in [1.82, 2.24) is 10.6 Å². The van der Waals surface area contributed by atoms with E-state index in [0.717, 1.165) is 22.6 Å². The number of hydrogen-bond donors (Lipinski definition) is 2. The lowest BCUT2D eigenvalue weighted by atomic mass is 10.4. The normalized spacial score (nSPS) is 21.5. The summed E-state index contributed by atoms with van der Waals surface area (Å²) in [6, 6.07) is 0. The quantitative estimate of drug-likeness (QED) is 0.602. The van der Waals surface area contributed by atoms with Crippen LogP contribution in [0.25, 0.3) is 0 Å². The molecule has 2 aliphatic rings. The van der Waals surface area contributed by atoms with Gasteiger partial charge in [0, 0.05) is 16.9 Å². The van der Waals surface area contributed by atoms with Gasteiger partial charge in [-0.05, 0) is 0 Å². The summed E-state index contributed by atoms with van der Waals surface area (Å²) in [4.78, 5) is 4.21. The fraction of sp³-hybridized carbons (Fsp3) is 0.167. The number of rotatable bonds is 0. The third kappa shape index (κ3) is 0.759. The molecule has 0 aliphatic carbocycles. The molecule has 3 nitrogen and oxygen atoms in total. The average molecular weight is 200 g/mol. The van der Waals surface area contributed by atoms with Gasteiger partial charge < -0.3 is 10.6 Å². The molecule has 2 aliphatic heterocycles. The highest BCUT2D eigenvalue weighted by molar-refractivity contribution is 9.11. The number of aliphatic imine (C=N–C) groups is 1. The van der Waals surface area contributed by atoms with Crippen molar-refractivity contribution in [3.05, 3.63) is 22.6 Å². The lowest BCUT2D eigenvalue weighted by molar-refractivity contribution is 1.04. The van der Waals surface area contributed by atoms with E-state index in [0.29, 0.717) is 0 Å². The van der Waals surface area contributed by atoms with Crippen LogP contribution in [0.4, 0.5) is 0 Å². The number of halogens is 1. The van der Waals surface area contributed by atoms with E-state index in [4.69, 9.17) is 0 Å². The Morgan fingerprint density at radius 2 is 2.20 bits per heavy atom. The predicted octanol–water partition coefficient (Wildman–Crippen LogP) is 0.669. The topological polar surface area (TPSA) is 36.4 Å². The van der Waals surface area contributed by atoms with Gasteiger partial charge in [-0.25, -0.2) is 0 Å². The van der Waals surface area contributed by atoms with Crippen LogP contribution in [0.5, 0.6) is 0 Å². The maximum Gasteiger partial charge on any atom is 0.150 e. The third-order valence-corrected chi connectivity index (χ3v) is 2.06. The van der Waals surface area contributed by atoms with Crippen LogP contribution in [-0.2, 0) is 0 Å². The molecule has 52 valence electrons. The SMILES string of the molecule is BrC1=C2NC=CNC2=NC1. The summed E-state index contributed by atoms with van der Waals surface area (Å²) in [7, 11) is 0. The fourth-order valence-corrected chi connectivity index (χ4v) is 1.37. The molecular weight excluding hydrogens is 194 g/mol. The third-order valence-electron chi connectivity index (χ3n) is 1.42. The van der Waals surface area contributed by atoms with Crippen LogP contribution in [-0.4, -0.2) is 12.4 Å². The number of nitrogens with one attached hydrogen (secondary N) is 2. The van der Waals surface area contributed by atoms with E-state index in [1.54, 1.807) is 0 Å². The molecule has 0 saturated carbocycles. The minimum atomic E-state index is 0.742. The summed E-state index contributed by atoms with van der Waals surface area (Å²) < 4.78 is 1.11. The highest BCUT2D eigenvalue weighted by atomic mass is 79.9. The van der Waals surface area contributed by atoms with Crippen LogP contribution in [0.2, 0.25) is 0 Å². The Bertz CT molecular complexity index is 252. The number of hydrogen-bond acceptors (Lipinski definition) is 3. The van der Waals surface area contributed by atoms with Gasteiger partial charge in [-0.1, -0.05) is 15.9 Å². The van der Waals surface area contributed by atoms with E-state index in [9.17, 15) is 0 Å². The maximum absolute atomic E-state index is 4.21. The molecule has 10 heavy (non-hydrogen) atoms. The van der Waals surface area contributed by atoms with Crippen molar-refractivity contribution in [1.29, 1.82) is 0 Å². The molecule has 0 radical (unpaired) electrons. The molecule has 0 aromatic rings. The summed E-state index contributed by atoms with van der Waals surface area (Å²) in [6.07, 6.45) is 3.68.